The van der Waals surface area contributed by atoms with Crippen LogP contribution in [0.1, 0.15) is 30.1 Å². The van der Waals surface area contributed by atoms with Crippen molar-refractivity contribution in [3.05, 3.63) is 46.7 Å². The fourth-order valence-electron chi connectivity index (χ4n) is 4.77. The molecule has 1 aromatic carbocycles. The van der Waals surface area contributed by atoms with Crippen molar-refractivity contribution < 1.29 is 18.7 Å². The van der Waals surface area contributed by atoms with Crippen LogP contribution in [0.3, 0.4) is 0 Å². The lowest BCUT2D eigenvalue weighted by atomic mass is 9.81. The van der Waals surface area contributed by atoms with Gasteiger partial charge in [0.15, 0.2) is 11.6 Å². The van der Waals surface area contributed by atoms with Crippen LogP contribution in [-0.2, 0) is 14.3 Å². The summed E-state index contributed by atoms with van der Waals surface area (Å²) in [4.78, 5) is 25.9. The van der Waals surface area contributed by atoms with E-state index in [0.29, 0.717) is 22.1 Å². The van der Waals surface area contributed by atoms with E-state index < -0.39 is 5.92 Å². The van der Waals surface area contributed by atoms with Crippen LogP contribution in [0.15, 0.2) is 34.7 Å². The van der Waals surface area contributed by atoms with Crippen molar-refractivity contribution in [2.24, 2.45) is 11.8 Å². The lowest BCUT2D eigenvalue weighted by Gasteiger charge is -2.16. The fraction of sp³-hybridized carbons (Fsp3) is 0.400. The molecule has 0 radical (unpaired) electrons. The molecule has 2 saturated heterocycles. The Kier molecular flexibility index (Phi) is 3.25. The van der Waals surface area contributed by atoms with Gasteiger partial charge in [0.1, 0.15) is 17.4 Å². The number of benzene rings is 1. The lowest BCUT2D eigenvalue weighted by Crippen LogP contribution is -2.29. The second-order valence-electron chi connectivity index (χ2n) is 7.21. The fourth-order valence-corrected chi connectivity index (χ4v) is 4.90. The zero-order valence-electron chi connectivity index (χ0n) is 13.7. The monoisotopic (exact) mass is 356 g/mol. The first-order chi connectivity index (χ1) is 12.0. The van der Waals surface area contributed by atoms with Gasteiger partial charge in [0.05, 0.1) is 24.0 Å². The molecule has 2 aliphatic heterocycles. The minimum absolute atomic E-state index is 0.00811. The van der Waals surface area contributed by atoms with Crippen LogP contribution >= 0.6 is 11.6 Å². The minimum atomic E-state index is -0.702. The number of rotatable bonds is 2. The highest BCUT2D eigenvalue weighted by Gasteiger charge is 2.63. The van der Waals surface area contributed by atoms with E-state index in [2.05, 4.69) is 0 Å². The summed E-state index contributed by atoms with van der Waals surface area (Å²) in [5, 5.41) is 0.650. The van der Waals surface area contributed by atoms with E-state index in [1.165, 1.54) is 0 Å². The van der Waals surface area contributed by atoms with Gasteiger partial charge in [0.2, 0.25) is 0 Å². The van der Waals surface area contributed by atoms with Crippen LogP contribution in [-0.4, -0.2) is 23.8 Å². The number of halogens is 1. The largest absolute Gasteiger partial charge is 0.461 e. The maximum atomic E-state index is 13.0. The molecular weight excluding hydrogens is 340 g/mol. The normalized spacial score (nSPS) is 33.3. The highest BCUT2D eigenvalue weighted by Crippen LogP contribution is 2.52. The van der Waals surface area contributed by atoms with E-state index in [1.807, 2.05) is 25.1 Å². The van der Waals surface area contributed by atoms with Gasteiger partial charge in [-0.25, -0.2) is 0 Å². The average molecular weight is 357 g/mol. The molecule has 5 heteroatoms. The number of hydrogen-bond donors (Lipinski definition) is 0. The van der Waals surface area contributed by atoms with Gasteiger partial charge in [-0.15, -0.1) is 0 Å². The number of fused-ring (bicyclic) bond motifs is 5. The molecule has 5 rings (SSSR count). The van der Waals surface area contributed by atoms with Crippen molar-refractivity contribution in [3.8, 4) is 11.3 Å². The molecule has 0 N–H and O–H groups in total. The molecule has 5 atom stereocenters. The highest BCUT2D eigenvalue weighted by molar-refractivity contribution is 6.30. The molecule has 1 aliphatic carbocycles. The Morgan fingerprint density at radius 2 is 1.60 bits per heavy atom. The molecule has 1 saturated carbocycles. The van der Waals surface area contributed by atoms with E-state index in [0.717, 1.165) is 18.4 Å². The SMILES string of the molecule is Cc1oc(-c2ccc(Cl)cc2)cc1C1C(=O)[C@@H]2[C@H](C1=O)[C@H]1CC[C@@H]2O1. The number of carbonyl (C=O) groups excluding carboxylic acids is 2. The van der Waals surface area contributed by atoms with Gasteiger partial charge in [-0.1, -0.05) is 11.6 Å². The predicted molar refractivity (Wildman–Crippen MR) is 91.5 cm³/mol. The second kappa shape index (κ2) is 5.29. The lowest BCUT2D eigenvalue weighted by molar-refractivity contribution is -0.127. The molecule has 3 fully saturated rings. The first kappa shape index (κ1) is 15.4. The summed E-state index contributed by atoms with van der Waals surface area (Å²) in [6, 6.07) is 9.15. The first-order valence-electron chi connectivity index (χ1n) is 8.64. The summed E-state index contributed by atoms with van der Waals surface area (Å²) in [5.41, 5.74) is 1.58. The molecular formula is C20H17ClO4. The van der Waals surface area contributed by atoms with Gasteiger partial charge in [-0.05, 0) is 50.1 Å². The van der Waals surface area contributed by atoms with E-state index in [4.69, 9.17) is 20.8 Å². The number of ketones is 2. The van der Waals surface area contributed by atoms with Gasteiger partial charge in [-0.2, -0.15) is 0 Å². The smallest absolute Gasteiger partial charge is 0.154 e. The number of furan rings is 1. The number of carbonyl (C=O) groups is 2. The standard InChI is InChI=1S/C20H17ClO4/c1-9-12(8-15(24-9)10-2-4-11(21)5-3-10)16-19(22)17-13-6-7-14(25-13)18(17)20(16)23/h2-5,8,13-14,16-18H,6-7H2,1H3/t13-,14+,16?,17-,18+. The summed E-state index contributed by atoms with van der Waals surface area (Å²) >= 11 is 5.93. The Balaban J connectivity index is 1.53. The predicted octanol–water partition coefficient (Wildman–Crippen LogP) is 3.94. The third kappa shape index (κ3) is 2.10. The van der Waals surface area contributed by atoms with Crippen LogP contribution in [0.5, 0.6) is 0 Å². The number of aryl methyl sites for hydroxylation is 1. The van der Waals surface area contributed by atoms with E-state index in [1.54, 1.807) is 12.1 Å². The molecule has 1 aromatic heterocycles. The van der Waals surface area contributed by atoms with E-state index in [-0.39, 0.29) is 35.6 Å². The summed E-state index contributed by atoms with van der Waals surface area (Å²) in [6.45, 7) is 1.81. The van der Waals surface area contributed by atoms with Crippen molar-refractivity contribution in [1.29, 1.82) is 0 Å². The Morgan fingerprint density at radius 3 is 2.20 bits per heavy atom. The quantitative estimate of drug-likeness (QED) is 0.765. The van der Waals surface area contributed by atoms with Crippen molar-refractivity contribution >= 4 is 23.2 Å². The summed E-state index contributed by atoms with van der Waals surface area (Å²) < 4.78 is 11.7. The molecule has 0 amide bonds. The Labute approximate surface area is 150 Å². The summed E-state index contributed by atoms with van der Waals surface area (Å²) in [5.74, 6) is 0.0781. The molecule has 3 heterocycles. The highest BCUT2D eigenvalue weighted by atomic mass is 35.5. The third-order valence-corrected chi connectivity index (χ3v) is 6.15. The van der Waals surface area contributed by atoms with Gasteiger partial charge in [0.25, 0.3) is 0 Å². The maximum Gasteiger partial charge on any atom is 0.154 e. The van der Waals surface area contributed by atoms with Crippen molar-refractivity contribution in [3.63, 3.8) is 0 Å². The van der Waals surface area contributed by atoms with Crippen molar-refractivity contribution in [2.75, 3.05) is 0 Å². The Bertz CT molecular complexity index is 854. The molecule has 2 bridgehead atoms. The third-order valence-electron chi connectivity index (χ3n) is 5.90. The van der Waals surface area contributed by atoms with Crippen molar-refractivity contribution in [2.45, 2.75) is 37.9 Å². The first-order valence-corrected chi connectivity index (χ1v) is 9.01. The van der Waals surface area contributed by atoms with Crippen LogP contribution < -0.4 is 0 Å². The molecule has 128 valence electrons. The Hall–Kier alpha value is -1.91. The van der Waals surface area contributed by atoms with Gasteiger partial charge in [-0.3, -0.25) is 9.59 Å². The summed E-state index contributed by atoms with van der Waals surface area (Å²) in [6.07, 6.45) is 1.63. The maximum absolute atomic E-state index is 13.0. The van der Waals surface area contributed by atoms with E-state index >= 15 is 0 Å². The average Bonchev–Trinajstić information content (AvgIpc) is 3.33. The number of Topliss-reactive ketones (excluding diaryl/α,β-unsaturated/α-hetero) is 2. The van der Waals surface area contributed by atoms with Gasteiger partial charge in [0, 0.05) is 16.1 Å². The number of hydrogen-bond acceptors (Lipinski definition) is 4. The van der Waals surface area contributed by atoms with Crippen LogP contribution in [0.4, 0.5) is 0 Å². The summed E-state index contributed by atoms with van der Waals surface area (Å²) in [7, 11) is 0. The van der Waals surface area contributed by atoms with Crippen LogP contribution in [0, 0.1) is 18.8 Å². The molecule has 4 nitrogen and oxygen atoms in total. The number of ether oxygens (including phenoxy) is 1. The zero-order valence-corrected chi connectivity index (χ0v) is 14.5. The molecule has 2 aromatic rings. The molecule has 1 unspecified atom stereocenters. The van der Waals surface area contributed by atoms with Crippen LogP contribution in [0.2, 0.25) is 5.02 Å². The molecule has 3 aliphatic rings. The zero-order chi connectivity index (χ0) is 17.3. The van der Waals surface area contributed by atoms with Gasteiger partial charge < -0.3 is 9.15 Å². The second-order valence-corrected chi connectivity index (χ2v) is 7.65. The molecule has 0 spiro atoms. The van der Waals surface area contributed by atoms with Gasteiger partial charge >= 0.3 is 0 Å². The van der Waals surface area contributed by atoms with Crippen LogP contribution in [0.25, 0.3) is 11.3 Å². The Morgan fingerprint density at radius 1 is 1.00 bits per heavy atom. The van der Waals surface area contributed by atoms with Crippen molar-refractivity contribution in [1.82, 2.24) is 0 Å². The van der Waals surface area contributed by atoms with E-state index in [9.17, 15) is 9.59 Å². The molecule has 25 heavy (non-hydrogen) atoms. The minimum Gasteiger partial charge on any atom is -0.461 e. The topological polar surface area (TPSA) is 56.5 Å².